The van der Waals surface area contributed by atoms with Gasteiger partial charge in [0.15, 0.2) is 9.84 Å². The Balaban J connectivity index is 2.91. The Kier molecular flexibility index (Phi) is 3.89. The summed E-state index contributed by atoms with van der Waals surface area (Å²) < 4.78 is 23.3. The number of rotatable bonds is 2. The van der Waals surface area contributed by atoms with Crippen LogP contribution >= 0.6 is 0 Å². The lowest BCUT2D eigenvalue weighted by Crippen LogP contribution is -2.05. The van der Waals surface area contributed by atoms with E-state index in [0.29, 0.717) is 4.90 Å². The molecule has 0 aliphatic carbocycles. The third-order valence-corrected chi connectivity index (χ3v) is 3.38. The molecular formula is C11H13NO2S. The van der Waals surface area contributed by atoms with Gasteiger partial charge in [-0.25, -0.2) is 8.42 Å². The second-order valence-electron chi connectivity index (χ2n) is 3.13. The van der Waals surface area contributed by atoms with Crippen LogP contribution in [0.3, 0.4) is 0 Å². The molecule has 0 radical (unpaired) electrons. The van der Waals surface area contributed by atoms with Crippen molar-refractivity contribution in [1.82, 2.24) is 0 Å². The molecule has 1 aromatic rings. The second-order valence-corrected chi connectivity index (χ2v) is 5.12. The summed E-state index contributed by atoms with van der Waals surface area (Å²) in [6.07, 6.45) is 0. The minimum atomic E-state index is -3.28. The fraction of sp³-hybridized carbons (Fsp3) is 0.273. The van der Waals surface area contributed by atoms with Gasteiger partial charge in [0.2, 0.25) is 0 Å². The predicted molar refractivity (Wildman–Crippen MR) is 60.1 cm³/mol. The maximum atomic E-state index is 11.7. The van der Waals surface area contributed by atoms with Crippen molar-refractivity contribution in [1.29, 1.82) is 0 Å². The number of nitrogens with two attached hydrogens (primary N) is 1. The van der Waals surface area contributed by atoms with E-state index in [1.54, 1.807) is 24.3 Å². The van der Waals surface area contributed by atoms with E-state index in [2.05, 4.69) is 11.8 Å². The van der Waals surface area contributed by atoms with Gasteiger partial charge < -0.3 is 5.73 Å². The smallest absolute Gasteiger partial charge is 0.189 e. The van der Waals surface area contributed by atoms with E-state index in [9.17, 15) is 8.42 Å². The monoisotopic (exact) mass is 223 g/mol. The first-order chi connectivity index (χ1) is 7.06. The highest BCUT2D eigenvalue weighted by Crippen LogP contribution is 2.11. The molecule has 0 aromatic heterocycles. The van der Waals surface area contributed by atoms with Crippen molar-refractivity contribution in [3.05, 3.63) is 29.8 Å². The van der Waals surface area contributed by atoms with Gasteiger partial charge in [-0.05, 0) is 19.1 Å². The molecule has 4 heteroatoms. The summed E-state index contributed by atoms with van der Waals surface area (Å²) in [6.45, 7) is 2.09. The maximum absolute atomic E-state index is 11.7. The lowest BCUT2D eigenvalue weighted by atomic mass is 10.2. The second kappa shape index (κ2) is 4.96. The quantitative estimate of drug-likeness (QED) is 0.752. The van der Waals surface area contributed by atoms with E-state index in [4.69, 9.17) is 5.73 Å². The van der Waals surface area contributed by atoms with Gasteiger partial charge in [-0.1, -0.05) is 29.5 Å². The third kappa shape index (κ3) is 3.39. The Morgan fingerprint density at radius 3 is 2.33 bits per heavy atom. The van der Waals surface area contributed by atoms with E-state index in [-0.39, 0.29) is 12.3 Å². The van der Waals surface area contributed by atoms with Gasteiger partial charge in [0.05, 0.1) is 11.4 Å². The molecule has 3 nitrogen and oxygen atoms in total. The van der Waals surface area contributed by atoms with Crippen molar-refractivity contribution in [3.8, 4) is 11.8 Å². The maximum Gasteiger partial charge on any atom is 0.189 e. The van der Waals surface area contributed by atoms with Crippen molar-refractivity contribution in [2.24, 2.45) is 5.73 Å². The van der Waals surface area contributed by atoms with Gasteiger partial charge in [-0.3, -0.25) is 0 Å². The Hall–Kier alpha value is -1.31. The molecule has 0 aliphatic heterocycles. The standard InChI is InChI=1S/C11H13NO2S/c1-10-4-6-11(7-5-10)15(13,14)9-3-2-8-12/h4-7H,8-9,12H2,1H3. The predicted octanol–water partition coefficient (Wildman–Crippen LogP) is 0.731. The minimum Gasteiger partial charge on any atom is -0.320 e. The molecule has 0 saturated heterocycles. The van der Waals surface area contributed by atoms with Crippen LogP contribution < -0.4 is 5.73 Å². The molecule has 0 fully saturated rings. The molecule has 0 unspecified atom stereocenters. The van der Waals surface area contributed by atoms with Crippen molar-refractivity contribution in [3.63, 3.8) is 0 Å². The van der Waals surface area contributed by atoms with Gasteiger partial charge in [0, 0.05) is 0 Å². The van der Waals surface area contributed by atoms with E-state index in [1.165, 1.54) is 0 Å². The van der Waals surface area contributed by atoms with Crippen molar-refractivity contribution >= 4 is 9.84 Å². The van der Waals surface area contributed by atoms with Crippen molar-refractivity contribution in [2.45, 2.75) is 11.8 Å². The van der Waals surface area contributed by atoms with E-state index >= 15 is 0 Å². The summed E-state index contributed by atoms with van der Waals surface area (Å²) in [6, 6.07) is 6.72. The highest BCUT2D eigenvalue weighted by atomic mass is 32.2. The molecule has 0 spiro atoms. The zero-order chi connectivity index (χ0) is 11.3. The number of sulfone groups is 1. The summed E-state index contributed by atoms with van der Waals surface area (Å²) in [5.74, 6) is 4.89. The van der Waals surface area contributed by atoms with E-state index in [0.717, 1.165) is 5.56 Å². The van der Waals surface area contributed by atoms with Gasteiger partial charge in [0.25, 0.3) is 0 Å². The molecule has 15 heavy (non-hydrogen) atoms. The normalized spacial score (nSPS) is 10.5. The molecule has 1 rings (SSSR count). The number of aryl methyl sites for hydroxylation is 1. The van der Waals surface area contributed by atoms with Crippen LogP contribution in [-0.2, 0) is 9.84 Å². The van der Waals surface area contributed by atoms with E-state index in [1.807, 2.05) is 6.92 Å². The Morgan fingerprint density at radius 2 is 1.80 bits per heavy atom. The summed E-state index contributed by atoms with van der Waals surface area (Å²) >= 11 is 0. The van der Waals surface area contributed by atoms with Crippen LogP contribution in [0, 0.1) is 18.8 Å². The molecule has 0 aliphatic rings. The van der Waals surface area contributed by atoms with E-state index < -0.39 is 9.84 Å². The summed E-state index contributed by atoms with van der Waals surface area (Å²) in [5.41, 5.74) is 6.18. The molecule has 1 aromatic carbocycles. The fourth-order valence-corrected chi connectivity index (χ4v) is 2.06. The van der Waals surface area contributed by atoms with Gasteiger partial charge in [0.1, 0.15) is 5.75 Å². The average molecular weight is 223 g/mol. The Morgan fingerprint density at radius 1 is 1.20 bits per heavy atom. The lowest BCUT2D eigenvalue weighted by molar-refractivity contribution is 0.599. The summed E-state index contributed by atoms with van der Waals surface area (Å²) in [5, 5.41) is 0. The molecule has 0 atom stereocenters. The fourth-order valence-electron chi connectivity index (χ4n) is 1.05. The molecule has 2 N–H and O–H groups in total. The van der Waals surface area contributed by atoms with Crippen LogP contribution in [-0.4, -0.2) is 20.7 Å². The van der Waals surface area contributed by atoms with Crippen LogP contribution in [0.1, 0.15) is 5.56 Å². The molecular weight excluding hydrogens is 210 g/mol. The lowest BCUT2D eigenvalue weighted by Gasteiger charge is -2.00. The first-order valence-electron chi connectivity index (χ1n) is 4.51. The van der Waals surface area contributed by atoms with Crippen LogP contribution in [0.25, 0.3) is 0 Å². The van der Waals surface area contributed by atoms with Crippen molar-refractivity contribution in [2.75, 3.05) is 12.3 Å². The van der Waals surface area contributed by atoms with Crippen LogP contribution in [0.2, 0.25) is 0 Å². The third-order valence-electron chi connectivity index (χ3n) is 1.87. The Labute approximate surface area is 90.2 Å². The number of benzene rings is 1. The van der Waals surface area contributed by atoms with Gasteiger partial charge in [-0.15, -0.1) is 0 Å². The zero-order valence-corrected chi connectivity index (χ0v) is 9.34. The van der Waals surface area contributed by atoms with Crippen molar-refractivity contribution < 1.29 is 8.42 Å². The first-order valence-corrected chi connectivity index (χ1v) is 6.17. The van der Waals surface area contributed by atoms with Gasteiger partial charge >= 0.3 is 0 Å². The average Bonchev–Trinajstić information content (AvgIpc) is 2.18. The molecule has 80 valence electrons. The highest BCUT2D eigenvalue weighted by Gasteiger charge is 2.11. The van der Waals surface area contributed by atoms with Crippen LogP contribution in [0.5, 0.6) is 0 Å². The largest absolute Gasteiger partial charge is 0.320 e. The Bertz CT molecular complexity index is 478. The topological polar surface area (TPSA) is 60.2 Å². The number of hydrogen-bond acceptors (Lipinski definition) is 3. The molecule has 0 amide bonds. The minimum absolute atomic E-state index is 0.173. The van der Waals surface area contributed by atoms with Crippen LogP contribution in [0.4, 0.5) is 0 Å². The zero-order valence-electron chi connectivity index (χ0n) is 8.53. The highest BCUT2D eigenvalue weighted by molar-refractivity contribution is 7.91. The van der Waals surface area contributed by atoms with Gasteiger partial charge in [-0.2, -0.15) is 0 Å². The summed E-state index contributed by atoms with van der Waals surface area (Å²) in [4.78, 5) is 0.305. The number of hydrogen-bond donors (Lipinski definition) is 1. The van der Waals surface area contributed by atoms with Crippen LogP contribution in [0.15, 0.2) is 29.2 Å². The SMILES string of the molecule is Cc1ccc(S(=O)(=O)CC#CCN)cc1. The molecule has 0 saturated carbocycles. The summed E-state index contributed by atoms with van der Waals surface area (Å²) in [7, 11) is -3.28. The molecule has 0 bridgehead atoms. The molecule has 0 heterocycles. The first kappa shape index (κ1) is 11.8.